The maximum atomic E-state index is 4.44. The average Bonchev–Trinajstić information content (AvgIpc) is 2.42. The van der Waals surface area contributed by atoms with Crippen molar-refractivity contribution in [3.8, 4) is 0 Å². The minimum Gasteiger partial charge on any atom is -0.370 e. The number of nitrogens with one attached hydrogen (secondary N) is 1. The van der Waals surface area contributed by atoms with Crippen molar-refractivity contribution >= 4 is 5.82 Å². The topological polar surface area (TPSA) is 28.2 Å². The van der Waals surface area contributed by atoms with E-state index in [4.69, 9.17) is 0 Å². The summed E-state index contributed by atoms with van der Waals surface area (Å²) in [5.74, 6) is 1.87. The predicted molar refractivity (Wildman–Crippen MR) is 76.7 cm³/mol. The summed E-state index contributed by atoms with van der Waals surface area (Å²) >= 11 is 0. The van der Waals surface area contributed by atoms with E-state index < -0.39 is 0 Å². The van der Waals surface area contributed by atoms with E-state index in [1.54, 1.807) is 0 Å². The lowest BCUT2D eigenvalue weighted by atomic mass is 9.95. The van der Waals surface area contributed by atoms with Crippen LogP contribution >= 0.6 is 0 Å². The molecule has 1 aliphatic rings. The second-order valence-corrected chi connectivity index (χ2v) is 5.23. The molecule has 2 rings (SSSR count). The molecule has 0 aromatic carbocycles. The summed E-state index contributed by atoms with van der Waals surface area (Å²) in [6.45, 7) is 8.87. The van der Waals surface area contributed by atoms with E-state index in [1.165, 1.54) is 37.9 Å². The van der Waals surface area contributed by atoms with Crippen LogP contribution in [0.15, 0.2) is 18.3 Å². The van der Waals surface area contributed by atoms with Crippen molar-refractivity contribution in [1.82, 2.24) is 9.88 Å². The molecule has 1 aliphatic heterocycles. The van der Waals surface area contributed by atoms with Crippen molar-refractivity contribution in [1.29, 1.82) is 0 Å². The van der Waals surface area contributed by atoms with Crippen LogP contribution in [0.2, 0.25) is 0 Å². The number of nitrogens with zero attached hydrogens (tertiary/aromatic N) is 2. The predicted octanol–water partition coefficient (Wildman–Crippen LogP) is 3.14. The Morgan fingerprint density at radius 1 is 1.39 bits per heavy atom. The van der Waals surface area contributed by atoms with Gasteiger partial charge in [0.15, 0.2) is 0 Å². The van der Waals surface area contributed by atoms with Gasteiger partial charge in [0.25, 0.3) is 0 Å². The van der Waals surface area contributed by atoms with Gasteiger partial charge in [0, 0.05) is 25.8 Å². The molecule has 1 saturated heterocycles. The highest BCUT2D eigenvalue weighted by atomic mass is 15.1. The molecule has 0 radical (unpaired) electrons. The van der Waals surface area contributed by atoms with E-state index in [-0.39, 0.29) is 0 Å². The zero-order chi connectivity index (χ0) is 12.8. The first-order valence-electron chi connectivity index (χ1n) is 7.23. The fourth-order valence-electron chi connectivity index (χ4n) is 2.69. The van der Waals surface area contributed by atoms with Gasteiger partial charge in [0.1, 0.15) is 5.82 Å². The standard InChI is InChI=1S/C15H25N3/c1-3-13-6-5-9-18(11-13)12-14-7-8-15(16-4-2)17-10-14/h7-8,10,13H,3-6,9,11-12H2,1-2H3,(H,16,17). The molecule has 0 bridgehead atoms. The lowest BCUT2D eigenvalue weighted by Crippen LogP contribution is -2.34. The zero-order valence-electron chi connectivity index (χ0n) is 11.7. The molecule has 1 aromatic rings. The van der Waals surface area contributed by atoms with E-state index in [9.17, 15) is 0 Å². The molecule has 1 unspecified atom stereocenters. The highest BCUT2D eigenvalue weighted by Crippen LogP contribution is 2.20. The van der Waals surface area contributed by atoms with Gasteiger partial charge in [-0.25, -0.2) is 4.98 Å². The van der Waals surface area contributed by atoms with Crippen LogP contribution in [0.3, 0.4) is 0 Å². The third kappa shape index (κ3) is 3.70. The Labute approximate surface area is 111 Å². The number of rotatable bonds is 5. The van der Waals surface area contributed by atoms with Crippen molar-refractivity contribution in [3.05, 3.63) is 23.9 Å². The Balaban J connectivity index is 1.88. The van der Waals surface area contributed by atoms with Gasteiger partial charge in [-0.15, -0.1) is 0 Å². The van der Waals surface area contributed by atoms with Gasteiger partial charge >= 0.3 is 0 Å². The quantitative estimate of drug-likeness (QED) is 0.866. The van der Waals surface area contributed by atoms with Crippen molar-refractivity contribution in [3.63, 3.8) is 0 Å². The fraction of sp³-hybridized carbons (Fsp3) is 0.667. The Morgan fingerprint density at radius 3 is 2.94 bits per heavy atom. The maximum Gasteiger partial charge on any atom is 0.125 e. The Hall–Kier alpha value is -1.09. The van der Waals surface area contributed by atoms with Crippen molar-refractivity contribution in [2.24, 2.45) is 5.92 Å². The number of hydrogen-bond acceptors (Lipinski definition) is 3. The van der Waals surface area contributed by atoms with Crippen molar-refractivity contribution in [2.45, 2.75) is 39.7 Å². The Bertz CT molecular complexity index is 347. The molecule has 3 heteroatoms. The van der Waals surface area contributed by atoms with E-state index in [0.29, 0.717) is 0 Å². The number of pyridine rings is 1. The normalized spacial score (nSPS) is 20.9. The van der Waals surface area contributed by atoms with E-state index in [2.05, 4.69) is 41.2 Å². The van der Waals surface area contributed by atoms with Gasteiger partial charge in [-0.3, -0.25) is 4.90 Å². The van der Waals surface area contributed by atoms with Crippen LogP contribution in [-0.4, -0.2) is 29.5 Å². The van der Waals surface area contributed by atoms with Gasteiger partial charge in [-0.05, 0) is 43.9 Å². The number of hydrogen-bond donors (Lipinski definition) is 1. The number of likely N-dealkylation sites (tertiary alicyclic amines) is 1. The third-order valence-corrected chi connectivity index (χ3v) is 3.77. The molecule has 1 aromatic heterocycles. The van der Waals surface area contributed by atoms with Gasteiger partial charge in [0.05, 0.1) is 0 Å². The van der Waals surface area contributed by atoms with Gasteiger partial charge in [-0.2, -0.15) is 0 Å². The molecule has 1 fully saturated rings. The fourth-order valence-corrected chi connectivity index (χ4v) is 2.69. The van der Waals surface area contributed by atoms with E-state index >= 15 is 0 Å². The molecule has 2 heterocycles. The summed E-state index contributed by atoms with van der Waals surface area (Å²) in [5, 5.41) is 3.23. The monoisotopic (exact) mass is 247 g/mol. The molecule has 1 N–H and O–H groups in total. The van der Waals surface area contributed by atoms with E-state index in [1.807, 2.05) is 6.20 Å². The lowest BCUT2D eigenvalue weighted by molar-refractivity contribution is 0.164. The second-order valence-electron chi connectivity index (χ2n) is 5.23. The minimum atomic E-state index is 0.896. The first-order chi connectivity index (χ1) is 8.81. The van der Waals surface area contributed by atoms with Crippen molar-refractivity contribution in [2.75, 3.05) is 25.0 Å². The SMILES string of the molecule is CCNc1ccc(CN2CCCC(CC)C2)cn1. The molecule has 18 heavy (non-hydrogen) atoms. The Morgan fingerprint density at radius 2 is 2.28 bits per heavy atom. The largest absolute Gasteiger partial charge is 0.370 e. The Kier molecular flexibility index (Phi) is 5.00. The molecule has 0 amide bonds. The second kappa shape index (κ2) is 6.74. The van der Waals surface area contributed by atoms with Gasteiger partial charge in [0.2, 0.25) is 0 Å². The highest BCUT2D eigenvalue weighted by Gasteiger charge is 2.18. The summed E-state index contributed by atoms with van der Waals surface area (Å²) < 4.78 is 0. The summed E-state index contributed by atoms with van der Waals surface area (Å²) in [6, 6.07) is 4.28. The minimum absolute atomic E-state index is 0.896. The van der Waals surface area contributed by atoms with Crippen LogP contribution < -0.4 is 5.32 Å². The molecule has 0 saturated carbocycles. The lowest BCUT2D eigenvalue weighted by Gasteiger charge is -2.32. The van der Waals surface area contributed by atoms with Gasteiger partial charge < -0.3 is 5.32 Å². The van der Waals surface area contributed by atoms with Crippen LogP contribution in [0.4, 0.5) is 5.82 Å². The number of piperidine rings is 1. The van der Waals surface area contributed by atoms with Crippen LogP contribution in [0.5, 0.6) is 0 Å². The van der Waals surface area contributed by atoms with Crippen LogP contribution in [0.25, 0.3) is 0 Å². The molecular weight excluding hydrogens is 222 g/mol. The highest BCUT2D eigenvalue weighted by molar-refractivity contribution is 5.35. The van der Waals surface area contributed by atoms with Gasteiger partial charge in [-0.1, -0.05) is 19.4 Å². The molecule has 1 atom stereocenters. The van der Waals surface area contributed by atoms with Crippen LogP contribution in [-0.2, 0) is 6.54 Å². The maximum absolute atomic E-state index is 4.44. The molecular formula is C15H25N3. The third-order valence-electron chi connectivity index (χ3n) is 3.77. The summed E-state index contributed by atoms with van der Waals surface area (Å²) in [4.78, 5) is 7.01. The van der Waals surface area contributed by atoms with Crippen molar-refractivity contribution < 1.29 is 0 Å². The zero-order valence-corrected chi connectivity index (χ0v) is 11.7. The number of anilines is 1. The smallest absolute Gasteiger partial charge is 0.125 e. The summed E-state index contributed by atoms with van der Waals surface area (Å²) in [6.07, 6.45) is 6.08. The molecule has 3 nitrogen and oxygen atoms in total. The summed E-state index contributed by atoms with van der Waals surface area (Å²) in [7, 11) is 0. The molecule has 0 spiro atoms. The molecule has 100 valence electrons. The number of aromatic nitrogens is 1. The molecule has 0 aliphatic carbocycles. The first kappa shape index (κ1) is 13.3. The average molecular weight is 247 g/mol. The van der Waals surface area contributed by atoms with E-state index in [0.717, 1.165) is 24.8 Å². The van der Waals surface area contributed by atoms with Crippen LogP contribution in [0.1, 0.15) is 38.7 Å². The summed E-state index contributed by atoms with van der Waals surface area (Å²) in [5.41, 5.74) is 1.33. The first-order valence-corrected chi connectivity index (χ1v) is 7.23. The van der Waals surface area contributed by atoms with Crippen LogP contribution in [0, 0.1) is 5.92 Å².